The molecule has 1 aliphatic heterocycles. The second kappa shape index (κ2) is 5.48. The Morgan fingerprint density at radius 2 is 2.00 bits per heavy atom. The summed E-state index contributed by atoms with van der Waals surface area (Å²) < 4.78 is 0. The van der Waals surface area contributed by atoms with E-state index in [1.54, 1.807) is 24.5 Å². The van der Waals surface area contributed by atoms with E-state index < -0.39 is 5.54 Å². The smallest absolute Gasteiger partial charge is 0.256 e. The highest BCUT2D eigenvalue weighted by molar-refractivity contribution is 5.94. The maximum Gasteiger partial charge on any atom is 0.256 e. The number of pyridine rings is 1. The molecule has 0 N–H and O–H groups in total. The molecule has 1 aliphatic rings. The van der Waals surface area contributed by atoms with Gasteiger partial charge < -0.3 is 4.90 Å². The molecule has 0 aliphatic carbocycles. The van der Waals surface area contributed by atoms with Crippen LogP contribution >= 0.6 is 0 Å². The Labute approximate surface area is 130 Å². The van der Waals surface area contributed by atoms with E-state index in [9.17, 15) is 4.79 Å². The molecule has 0 aromatic carbocycles. The molecule has 1 amide bonds. The van der Waals surface area contributed by atoms with Crippen LogP contribution in [0.4, 0.5) is 0 Å². The van der Waals surface area contributed by atoms with Crippen molar-refractivity contribution in [1.29, 1.82) is 0 Å². The van der Waals surface area contributed by atoms with E-state index in [1.165, 1.54) is 0 Å². The fourth-order valence-electron chi connectivity index (χ4n) is 3.13. The van der Waals surface area contributed by atoms with Crippen LogP contribution in [0.15, 0.2) is 30.6 Å². The first-order chi connectivity index (χ1) is 10.5. The first kappa shape index (κ1) is 14.6. The van der Waals surface area contributed by atoms with Gasteiger partial charge in [0.2, 0.25) is 0 Å². The van der Waals surface area contributed by atoms with Gasteiger partial charge in [-0.2, -0.15) is 0 Å². The van der Waals surface area contributed by atoms with Crippen LogP contribution in [0.3, 0.4) is 0 Å². The van der Waals surface area contributed by atoms with Crippen molar-refractivity contribution in [2.24, 2.45) is 0 Å². The van der Waals surface area contributed by atoms with Crippen LogP contribution in [0.1, 0.15) is 47.3 Å². The highest BCUT2D eigenvalue weighted by Gasteiger charge is 2.43. The van der Waals surface area contributed by atoms with Gasteiger partial charge in [-0.05, 0) is 51.8 Å². The fourth-order valence-corrected chi connectivity index (χ4v) is 3.13. The zero-order valence-electron chi connectivity index (χ0n) is 13.2. The van der Waals surface area contributed by atoms with Crippen molar-refractivity contribution < 1.29 is 4.79 Å². The average molecular weight is 296 g/mol. The van der Waals surface area contributed by atoms with Crippen LogP contribution in [-0.4, -0.2) is 32.3 Å². The summed E-state index contributed by atoms with van der Waals surface area (Å²) in [6, 6.07) is 5.54. The lowest BCUT2D eigenvalue weighted by Crippen LogP contribution is -2.44. The van der Waals surface area contributed by atoms with E-state index in [-0.39, 0.29) is 5.91 Å². The molecule has 1 unspecified atom stereocenters. The van der Waals surface area contributed by atoms with Crippen molar-refractivity contribution in [3.8, 4) is 0 Å². The quantitative estimate of drug-likeness (QED) is 0.855. The molecule has 5 heteroatoms. The van der Waals surface area contributed by atoms with Gasteiger partial charge >= 0.3 is 0 Å². The number of amides is 1. The van der Waals surface area contributed by atoms with Gasteiger partial charge in [0.1, 0.15) is 5.54 Å². The average Bonchev–Trinajstić information content (AvgIpc) is 2.90. The topological polar surface area (TPSA) is 59.0 Å². The van der Waals surface area contributed by atoms with Gasteiger partial charge in [0, 0.05) is 30.3 Å². The number of rotatable bonds is 2. The van der Waals surface area contributed by atoms with Gasteiger partial charge in [-0.25, -0.2) is 9.97 Å². The van der Waals surface area contributed by atoms with Gasteiger partial charge in [0.05, 0.1) is 5.56 Å². The molecule has 0 bridgehead atoms. The van der Waals surface area contributed by atoms with Crippen LogP contribution in [0, 0.1) is 13.8 Å². The zero-order valence-corrected chi connectivity index (χ0v) is 13.2. The maximum atomic E-state index is 12.8. The third-order valence-electron chi connectivity index (χ3n) is 4.26. The van der Waals surface area contributed by atoms with Crippen LogP contribution < -0.4 is 0 Å². The molecular formula is C17H20N4O. The zero-order chi connectivity index (χ0) is 15.7. The van der Waals surface area contributed by atoms with Gasteiger partial charge in [0.15, 0.2) is 5.82 Å². The summed E-state index contributed by atoms with van der Waals surface area (Å²) in [6.07, 6.45) is 5.12. The van der Waals surface area contributed by atoms with Crippen molar-refractivity contribution in [2.75, 3.05) is 6.54 Å². The van der Waals surface area contributed by atoms with Crippen molar-refractivity contribution in [1.82, 2.24) is 19.9 Å². The number of carbonyl (C=O) groups excluding carboxylic acids is 1. The Balaban J connectivity index is 2.00. The van der Waals surface area contributed by atoms with Gasteiger partial charge in [-0.3, -0.25) is 9.78 Å². The Kier molecular flexibility index (Phi) is 3.64. The van der Waals surface area contributed by atoms with Crippen molar-refractivity contribution >= 4 is 5.91 Å². The molecule has 114 valence electrons. The summed E-state index contributed by atoms with van der Waals surface area (Å²) in [5.74, 6) is 0.732. The first-order valence-corrected chi connectivity index (χ1v) is 7.55. The minimum Gasteiger partial charge on any atom is -0.326 e. The van der Waals surface area contributed by atoms with Gasteiger partial charge in [0.25, 0.3) is 5.91 Å². The van der Waals surface area contributed by atoms with Crippen LogP contribution in [0.2, 0.25) is 0 Å². The van der Waals surface area contributed by atoms with E-state index >= 15 is 0 Å². The molecule has 5 nitrogen and oxygen atoms in total. The van der Waals surface area contributed by atoms with Gasteiger partial charge in [-0.15, -0.1) is 0 Å². The van der Waals surface area contributed by atoms with E-state index in [0.29, 0.717) is 5.56 Å². The van der Waals surface area contributed by atoms with Crippen molar-refractivity contribution in [3.05, 3.63) is 53.4 Å². The lowest BCUT2D eigenvalue weighted by Gasteiger charge is -2.34. The standard InChI is InChI=1S/C17H20N4O/c1-12-10-13(2)20-16(19-12)17(3)7-5-9-21(17)15(22)14-6-4-8-18-11-14/h4,6,8,10-11H,5,7,9H2,1-3H3. The van der Waals surface area contributed by atoms with Crippen molar-refractivity contribution in [3.63, 3.8) is 0 Å². The molecule has 1 atom stereocenters. The number of hydrogen-bond donors (Lipinski definition) is 0. The molecule has 0 radical (unpaired) electrons. The number of nitrogens with zero attached hydrogens (tertiary/aromatic N) is 4. The largest absolute Gasteiger partial charge is 0.326 e. The molecule has 22 heavy (non-hydrogen) atoms. The van der Waals surface area contributed by atoms with Crippen LogP contribution in [0.25, 0.3) is 0 Å². The van der Waals surface area contributed by atoms with E-state index in [2.05, 4.69) is 21.9 Å². The molecule has 0 spiro atoms. The Morgan fingerprint density at radius 1 is 1.27 bits per heavy atom. The summed E-state index contributed by atoms with van der Waals surface area (Å²) >= 11 is 0. The predicted octanol–water partition coefficient (Wildman–Crippen LogP) is 2.64. The molecule has 2 aromatic rings. The summed E-state index contributed by atoms with van der Waals surface area (Å²) in [5.41, 5.74) is 2.03. The molecule has 3 heterocycles. The monoisotopic (exact) mass is 296 g/mol. The maximum absolute atomic E-state index is 12.8. The summed E-state index contributed by atoms with van der Waals surface area (Å²) in [4.78, 5) is 28.0. The van der Waals surface area contributed by atoms with Gasteiger partial charge in [-0.1, -0.05) is 0 Å². The number of aryl methyl sites for hydroxylation is 2. The van der Waals surface area contributed by atoms with E-state index in [0.717, 1.165) is 36.6 Å². The number of likely N-dealkylation sites (tertiary alicyclic amines) is 1. The lowest BCUT2D eigenvalue weighted by molar-refractivity contribution is 0.0603. The third kappa shape index (κ3) is 2.47. The third-order valence-corrected chi connectivity index (χ3v) is 4.26. The summed E-state index contributed by atoms with van der Waals surface area (Å²) in [5, 5.41) is 0. The Bertz CT molecular complexity index is 681. The molecule has 3 rings (SSSR count). The second-order valence-corrected chi connectivity index (χ2v) is 6.05. The first-order valence-electron chi connectivity index (χ1n) is 7.55. The molecular weight excluding hydrogens is 276 g/mol. The Morgan fingerprint density at radius 3 is 2.64 bits per heavy atom. The molecule has 2 aromatic heterocycles. The molecule has 0 saturated carbocycles. The molecule has 1 saturated heterocycles. The van der Waals surface area contributed by atoms with E-state index in [4.69, 9.17) is 0 Å². The van der Waals surface area contributed by atoms with Crippen LogP contribution in [-0.2, 0) is 5.54 Å². The SMILES string of the molecule is Cc1cc(C)nc(C2(C)CCCN2C(=O)c2cccnc2)n1. The summed E-state index contributed by atoms with van der Waals surface area (Å²) in [6.45, 7) is 6.70. The fraction of sp³-hybridized carbons (Fsp3) is 0.412. The molecule has 1 fully saturated rings. The Hall–Kier alpha value is -2.30. The normalized spacial score (nSPS) is 21.1. The number of aromatic nitrogens is 3. The minimum atomic E-state index is -0.455. The number of carbonyl (C=O) groups is 1. The highest BCUT2D eigenvalue weighted by Crippen LogP contribution is 2.37. The highest BCUT2D eigenvalue weighted by atomic mass is 16.2. The van der Waals surface area contributed by atoms with Crippen LogP contribution in [0.5, 0.6) is 0 Å². The summed E-state index contributed by atoms with van der Waals surface area (Å²) in [7, 11) is 0. The van der Waals surface area contributed by atoms with E-state index in [1.807, 2.05) is 24.8 Å². The lowest BCUT2D eigenvalue weighted by atomic mass is 9.96. The van der Waals surface area contributed by atoms with Crippen molar-refractivity contribution in [2.45, 2.75) is 39.2 Å². The number of hydrogen-bond acceptors (Lipinski definition) is 4. The minimum absolute atomic E-state index is 0.00383. The predicted molar refractivity (Wildman–Crippen MR) is 83.4 cm³/mol. The second-order valence-electron chi connectivity index (χ2n) is 6.05.